The number of amides is 1. The van der Waals surface area contributed by atoms with Crippen molar-refractivity contribution in [2.45, 2.75) is 18.4 Å². The third-order valence-corrected chi connectivity index (χ3v) is 4.55. The van der Waals surface area contributed by atoms with Crippen molar-refractivity contribution in [2.24, 2.45) is 0 Å². The minimum absolute atomic E-state index is 0.0325. The van der Waals surface area contributed by atoms with E-state index in [1.54, 1.807) is 18.3 Å². The number of ketones is 1. The van der Waals surface area contributed by atoms with Crippen LogP contribution < -0.4 is 5.32 Å². The maximum absolute atomic E-state index is 12.2. The summed E-state index contributed by atoms with van der Waals surface area (Å²) in [5.41, 5.74) is 1.74. The first-order chi connectivity index (χ1) is 11.1. The molecule has 0 radical (unpaired) electrons. The molecule has 0 saturated heterocycles. The van der Waals surface area contributed by atoms with E-state index < -0.39 is 0 Å². The molecule has 1 amide bonds. The minimum Gasteiger partial charge on any atom is -0.356 e. The van der Waals surface area contributed by atoms with Crippen molar-refractivity contribution in [1.29, 1.82) is 0 Å². The van der Waals surface area contributed by atoms with Crippen LogP contribution in [-0.4, -0.2) is 29.0 Å². The van der Waals surface area contributed by atoms with Crippen LogP contribution in [0.4, 0.5) is 0 Å². The van der Waals surface area contributed by atoms with Crippen molar-refractivity contribution in [1.82, 2.24) is 10.3 Å². The summed E-state index contributed by atoms with van der Waals surface area (Å²) >= 11 is 7.35. The van der Waals surface area contributed by atoms with Crippen LogP contribution in [0.1, 0.15) is 22.8 Å². The maximum Gasteiger partial charge on any atom is 0.216 e. The fourth-order valence-corrected chi connectivity index (χ4v) is 3.00. The van der Waals surface area contributed by atoms with Crippen LogP contribution in [0.3, 0.4) is 0 Å². The van der Waals surface area contributed by atoms with Gasteiger partial charge in [-0.25, -0.2) is 4.98 Å². The molecular weight excluding hydrogens is 332 g/mol. The molecule has 1 aromatic heterocycles. The van der Waals surface area contributed by atoms with Gasteiger partial charge in [-0.3, -0.25) is 9.59 Å². The number of benzene rings is 1. The Morgan fingerprint density at radius 1 is 1.22 bits per heavy atom. The molecule has 0 fully saturated rings. The molecule has 0 saturated carbocycles. The van der Waals surface area contributed by atoms with Crippen molar-refractivity contribution in [3.8, 4) is 0 Å². The predicted octanol–water partition coefficient (Wildman–Crippen LogP) is 3.39. The topological polar surface area (TPSA) is 59.1 Å². The summed E-state index contributed by atoms with van der Waals surface area (Å²) in [5.74, 6) is 0.286. The largest absolute Gasteiger partial charge is 0.356 e. The van der Waals surface area contributed by atoms with Gasteiger partial charge < -0.3 is 5.32 Å². The fourth-order valence-electron chi connectivity index (χ4n) is 1.93. The Morgan fingerprint density at radius 2 is 1.96 bits per heavy atom. The second-order valence-electron chi connectivity index (χ2n) is 4.93. The van der Waals surface area contributed by atoms with Gasteiger partial charge in [-0.15, -0.1) is 0 Å². The van der Waals surface area contributed by atoms with Crippen LogP contribution in [0, 0.1) is 0 Å². The molecule has 2 rings (SSSR count). The molecule has 1 aromatic carbocycles. The van der Waals surface area contributed by atoms with E-state index in [1.807, 2.05) is 24.3 Å². The molecule has 0 spiro atoms. The molecule has 4 nitrogen and oxygen atoms in total. The molecule has 0 unspecified atom stereocenters. The van der Waals surface area contributed by atoms with E-state index in [1.165, 1.54) is 18.7 Å². The Kier molecular flexibility index (Phi) is 6.62. The molecular formula is C17H17ClN2O2S. The zero-order valence-corrected chi connectivity index (χ0v) is 14.3. The van der Waals surface area contributed by atoms with Gasteiger partial charge in [0.2, 0.25) is 5.91 Å². The van der Waals surface area contributed by atoms with E-state index in [-0.39, 0.29) is 11.7 Å². The number of carbonyl (C=O) groups excluding carboxylic acids is 2. The number of halogens is 1. The molecule has 120 valence electrons. The first kappa shape index (κ1) is 17.5. The van der Waals surface area contributed by atoms with Crippen LogP contribution in [0.25, 0.3) is 0 Å². The average molecular weight is 349 g/mol. The van der Waals surface area contributed by atoms with Crippen molar-refractivity contribution >= 4 is 35.1 Å². The number of aromatic nitrogens is 1. The third kappa shape index (κ3) is 5.69. The van der Waals surface area contributed by atoms with Gasteiger partial charge in [0.15, 0.2) is 5.78 Å². The number of Topliss-reactive ketones (excluding diaryl/α,β-unsaturated/α-hetero) is 1. The first-order valence-corrected chi connectivity index (χ1v) is 8.52. The van der Waals surface area contributed by atoms with Gasteiger partial charge in [-0.05, 0) is 24.1 Å². The lowest BCUT2D eigenvalue weighted by molar-refractivity contribution is -0.118. The van der Waals surface area contributed by atoms with E-state index in [0.717, 1.165) is 12.0 Å². The summed E-state index contributed by atoms with van der Waals surface area (Å²) in [5, 5.41) is 3.96. The molecule has 1 heterocycles. The van der Waals surface area contributed by atoms with Crippen LogP contribution in [0.5, 0.6) is 0 Å². The summed E-state index contributed by atoms with van der Waals surface area (Å²) in [6, 6.07) is 11.0. The smallest absolute Gasteiger partial charge is 0.216 e. The molecule has 23 heavy (non-hydrogen) atoms. The Hall–Kier alpha value is -1.85. The van der Waals surface area contributed by atoms with Crippen LogP contribution in [0.2, 0.25) is 5.02 Å². The molecule has 0 aliphatic carbocycles. The number of carbonyl (C=O) groups is 2. The lowest BCUT2D eigenvalue weighted by Crippen LogP contribution is -2.22. The Bertz CT molecular complexity index is 689. The normalized spacial score (nSPS) is 10.3. The average Bonchev–Trinajstić information content (AvgIpc) is 2.54. The first-order valence-electron chi connectivity index (χ1n) is 7.16. The fraction of sp³-hybridized carbons (Fsp3) is 0.235. The second kappa shape index (κ2) is 8.70. The van der Waals surface area contributed by atoms with Crippen molar-refractivity contribution in [2.75, 3.05) is 12.3 Å². The Balaban J connectivity index is 1.87. The van der Waals surface area contributed by atoms with E-state index in [2.05, 4.69) is 10.3 Å². The van der Waals surface area contributed by atoms with Gasteiger partial charge in [0.1, 0.15) is 5.03 Å². The Morgan fingerprint density at radius 3 is 2.61 bits per heavy atom. The zero-order valence-electron chi connectivity index (χ0n) is 12.7. The van der Waals surface area contributed by atoms with Crippen molar-refractivity contribution < 1.29 is 9.59 Å². The number of pyridine rings is 1. The quantitative estimate of drug-likeness (QED) is 0.615. The lowest BCUT2D eigenvalue weighted by Gasteiger charge is -2.05. The highest BCUT2D eigenvalue weighted by molar-refractivity contribution is 8.00. The lowest BCUT2D eigenvalue weighted by atomic mass is 10.1. The number of nitrogens with one attached hydrogen (secondary N) is 1. The SMILES string of the molecule is CC(=O)NCCc1ccc(C(=O)CSc2ncccc2Cl)cc1. The molecule has 0 bridgehead atoms. The number of hydrogen-bond acceptors (Lipinski definition) is 4. The third-order valence-electron chi connectivity index (χ3n) is 3.13. The van der Waals surface area contributed by atoms with Crippen LogP contribution >= 0.6 is 23.4 Å². The van der Waals surface area contributed by atoms with Crippen LogP contribution in [-0.2, 0) is 11.2 Å². The van der Waals surface area contributed by atoms with E-state index in [4.69, 9.17) is 11.6 Å². The number of thioether (sulfide) groups is 1. The Labute approximate surface area is 144 Å². The molecule has 0 aliphatic rings. The summed E-state index contributed by atoms with van der Waals surface area (Å²) in [6.45, 7) is 2.09. The summed E-state index contributed by atoms with van der Waals surface area (Å²) < 4.78 is 0. The summed E-state index contributed by atoms with van der Waals surface area (Å²) in [7, 11) is 0. The molecule has 0 atom stereocenters. The van der Waals surface area contributed by atoms with E-state index >= 15 is 0 Å². The second-order valence-corrected chi connectivity index (χ2v) is 6.30. The standard InChI is InChI=1S/C17H17ClN2O2S/c1-12(21)19-10-8-13-4-6-14(7-5-13)16(22)11-23-17-15(18)3-2-9-20-17/h2-7,9H,8,10-11H2,1H3,(H,19,21). The monoisotopic (exact) mass is 348 g/mol. The highest BCUT2D eigenvalue weighted by Gasteiger charge is 2.09. The van der Waals surface area contributed by atoms with E-state index in [9.17, 15) is 9.59 Å². The maximum atomic E-state index is 12.2. The van der Waals surface area contributed by atoms with Crippen LogP contribution in [0.15, 0.2) is 47.6 Å². The van der Waals surface area contributed by atoms with Gasteiger partial charge in [0.25, 0.3) is 0 Å². The molecule has 6 heteroatoms. The van der Waals surface area contributed by atoms with Crippen molar-refractivity contribution in [3.63, 3.8) is 0 Å². The molecule has 0 aliphatic heterocycles. The highest BCUT2D eigenvalue weighted by atomic mass is 35.5. The van der Waals surface area contributed by atoms with E-state index in [0.29, 0.717) is 27.9 Å². The summed E-state index contributed by atoms with van der Waals surface area (Å²) in [6.07, 6.45) is 2.40. The number of nitrogens with zero attached hydrogens (tertiary/aromatic N) is 1. The molecule has 1 N–H and O–H groups in total. The zero-order chi connectivity index (χ0) is 16.7. The van der Waals surface area contributed by atoms with Gasteiger partial charge >= 0.3 is 0 Å². The predicted molar refractivity (Wildman–Crippen MR) is 93.1 cm³/mol. The van der Waals surface area contributed by atoms with Crippen molar-refractivity contribution in [3.05, 3.63) is 58.7 Å². The minimum atomic E-state index is -0.0398. The number of rotatable bonds is 7. The highest BCUT2D eigenvalue weighted by Crippen LogP contribution is 2.24. The van der Waals surface area contributed by atoms with Gasteiger partial charge in [0, 0.05) is 25.2 Å². The van der Waals surface area contributed by atoms with Gasteiger partial charge in [0.05, 0.1) is 10.8 Å². The van der Waals surface area contributed by atoms with Gasteiger partial charge in [-0.2, -0.15) is 0 Å². The number of hydrogen-bond donors (Lipinski definition) is 1. The molecule has 2 aromatic rings. The summed E-state index contributed by atoms with van der Waals surface area (Å²) in [4.78, 5) is 27.2. The van der Waals surface area contributed by atoms with Gasteiger partial charge in [-0.1, -0.05) is 47.6 Å².